The molecule has 0 saturated carbocycles. The Morgan fingerprint density at radius 3 is 1.95 bits per heavy atom. The second-order valence-corrected chi connectivity index (χ2v) is 12.0. The number of likely N-dealkylation sites (tertiary alicyclic amines) is 1. The lowest BCUT2D eigenvalue weighted by atomic mass is 9.85. The van der Waals surface area contributed by atoms with E-state index >= 15 is 0 Å². The van der Waals surface area contributed by atoms with Crippen molar-refractivity contribution in [2.75, 3.05) is 13.1 Å². The van der Waals surface area contributed by atoms with Gasteiger partial charge in [0, 0.05) is 55.6 Å². The van der Waals surface area contributed by atoms with Gasteiger partial charge in [0.1, 0.15) is 13.2 Å². The summed E-state index contributed by atoms with van der Waals surface area (Å²) in [5.41, 5.74) is 0.637. The van der Waals surface area contributed by atoms with Gasteiger partial charge in [0.2, 0.25) is 0 Å². The first kappa shape index (κ1) is 31.3. The highest BCUT2D eigenvalue weighted by atomic mass is 32.2. The van der Waals surface area contributed by atoms with Crippen molar-refractivity contribution < 1.29 is 33.7 Å². The van der Waals surface area contributed by atoms with Crippen molar-refractivity contribution in [2.45, 2.75) is 58.1 Å². The maximum absolute atomic E-state index is 13.0. The van der Waals surface area contributed by atoms with E-state index in [1.807, 2.05) is 13.8 Å². The molecule has 2 amide bonds. The molecule has 0 unspecified atom stereocenters. The normalized spacial score (nSPS) is 16.6. The summed E-state index contributed by atoms with van der Waals surface area (Å²) in [6.07, 6.45) is -0.110. The predicted octanol–water partition coefficient (Wildman–Crippen LogP) is 5.20. The zero-order valence-corrected chi connectivity index (χ0v) is 23.8. The number of hydrogen-bond acceptors (Lipinski definition) is 10. The second-order valence-electron chi connectivity index (χ2n) is 10.5. The first-order valence-electron chi connectivity index (χ1n) is 12.8. The van der Waals surface area contributed by atoms with Crippen LogP contribution in [0.5, 0.6) is 0 Å². The molecule has 1 aliphatic heterocycles. The molecule has 2 atom stereocenters. The summed E-state index contributed by atoms with van der Waals surface area (Å²) in [6, 6.07) is 11.2. The summed E-state index contributed by atoms with van der Waals surface area (Å²) in [5, 5.41) is 24.2. The van der Waals surface area contributed by atoms with Crippen molar-refractivity contribution in [3.05, 3.63) is 79.9 Å². The Bertz CT molecular complexity index is 1270. The van der Waals surface area contributed by atoms with E-state index in [0.717, 1.165) is 0 Å². The second kappa shape index (κ2) is 13.9. The molecule has 1 saturated heterocycles. The average Bonchev–Trinajstić information content (AvgIpc) is 3.30. The molecule has 220 valence electrons. The Balaban J connectivity index is 1.54. The number of nitrogens with one attached hydrogen (secondary N) is 1. The lowest BCUT2D eigenvalue weighted by Gasteiger charge is -2.32. The number of nitrogens with zero attached hydrogens (tertiary/aromatic N) is 3. The zero-order chi connectivity index (χ0) is 30.2. The van der Waals surface area contributed by atoms with Gasteiger partial charge in [0.15, 0.2) is 5.12 Å². The number of ether oxygens (including phenoxy) is 2. The largest absolute Gasteiger partial charge is 0.445 e. The van der Waals surface area contributed by atoms with E-state index in [9.17, 15) is 34.6 Å². The van der Waals surface area contributed by atoms with Gasteiger partial charge in [0.25, 0.3) is 11.4 Å². The van der Waals surface area contributed by atoms with Gasteiger partial charge in [-0.2, -0.15) is 0 Å². The van der Waals surface area contributed by atoms with Crippen LogP contribution < -0.4 is 5.32 Å². The Morgan fingerprint density at radius 1 is 0.951 bits per heavy atom. The van der Waals surface area contributed by atoms with Crippen molar-refractivity contribution in [1.29, 1.82) is 0 Å². The summed E-state index contributed by atoms with van der Waals surface area (Å²) < 4.78 is 10.7. The van der Waals surface area contributed by atoms with Crippen LogP contribution in [0.3, 0.4) is 0 Å². The first-order valence-corrected chi connectivity index (χ1v) is 13.7. The quantitative estimate of drug-likeness (QED) is 0.271. The van der Waals surface area contributed by atoms with Crippen LogP contribution in [0.15, 0.2) is 48.5 Å². The Morgan fingerprint density at radius 2 is 1.46 bits per heavy atom. The summed E-state index contributed by atoms with van der Waals surface area (Å²) in [5.74, 6) is 0. The van der Waals surface area contributed by atoms with Crippen LogP contribution in [0.2, 0.25) is 0 Å². The van der Waals surface area contributed by atoms with Crippen LogP contribution in [0.25, 0.3) is 0 Å². The summed E-state index contributed by atoms with van der Waals surface area (Å²) in [7, 11) is 0. The molecular weight excluding hydrogens is 556 g/mol. The fourth-order valence-electron chi connectivity index (χ4n) is 4.49. The number of nitro benzene ring substituents is 2. The van der Waals surface area contributed by atoms with Crippen molar-refractivity contribution in [3.8, 4) is 0 Å². The van der Waals surface area contributed by atoms with Crippen LogP contribution >= 0.6 is 11.8 Å². The molecule has 0 radical (unpaired) electrons. The Labute approximate surface area is 240 Å². The molecule has 13 nitrogen and oxygen atoms in total. The number of rotatable bonds is 11. The molecule has 2 aromatic carbocycles. The van der Waals surface area contributed by atoms with Gasteiger partial charge in [0.05, 0.1) is 9.85 Å². The van der Waals surface area contributed by atoms with E-state index in [1.54, 1.807) is 4.90 Å². The monoisotopic (exact) mass is 588 g/mol. The number of benzene rings is 2. The third-order valence-electron chi connectivity index (χ3n) is 6.47. The topological polar surface area (TPSA) is 171 Å². The molecule has 1 N–H and O–H groups in total. The minimum atomic E-state index is -0.646. The van der Waals surface area contributed by atoms with Gasteiger partial charge in [-0.05, 0) is 53.6 Å². The highest BCUT2D eigenvalue weighted by molar-refractivity contribution is 8.14. The number of alkyl carbamates (subject to hydrolysis) is 1. The van der Waals surface area contributed by atoms with E-state index in [0.29, 0.717) is 30.5 Å². The molecule has 0 bridgehead atoms. The molecule has 1 fully saturated rings. The van der Waals surface area contributed by atoms with E-state index < -0.39 is 27.4 Å². The average molecular weight is 589 g/mol. The molecule has 0 spiro atoms. The maximum atomic E-state index is 13.0. The van der Waals surface area contributed by atoms with Gasteiger partial charge in [-0.1, -0.05) is 25.6 Å². The summed E-state index contributed by atoms with van der Waals surface area (Å²) >= 11 is 1.18. The molecule has 0 aliphatic carbocycles. The molecule has 3 rings (SSSR count). The molecule has 14 heteroatoms. The highest BCUT2D eigenvalue weighted by Gasteiger charge is 2.40. The smallest absolute Gasteiger partial charge is 0.410 e. The van der Waals surface area contributed by atoms with Crippen molar-refractivity contribution in [2.24, 2.45) is 5.41 Å². The molecule has 1 heterocycles. The minimum Gasteiger partial charge on any atom is -0.445 e. The van der Waals surface area contributed by atoms with E-state index in [2.05, 4.69) is 5.32 Å². The Hall–Kier alpha value is -4.20. The lowest BCUT2D eigenvalue weighted by Crippen LogP contribution is -2.42. The van der Waals surface area contributed by atoms with Crippen molar-refractivity contribution in [1.82, 2.24) is 10.2 Å². The fourth-order valence-corrected chi connectivity index (χ4v) is 5.51. The first-order chi connectivity index (χ1) is 19.3. The van der Waals surface area contributed by atoms with Gasteiger partial charge < -0.3 is 19.7 Å². The van der Waals surface area contributed by atoms with E-state index in [-0.39, 0.29) is 47.5 Å². The number of nitro groups is 2. The van der Waals surface area contributed by atoms with Crippen LogP contribution in [-0.4, -0.2) is 56.4 Å². The molecular formula is C27H32N4O9S. The van der Waals surface area contributed by atoms with Crippen molar-refractivity contribution in [3.63, 3.8) is 0 Å². The van der Waals surface area contributed by atoms with Crippen LogP contribution in [-0.2, 0) is 27.5 Å². The zero-order valence-electron chi connectivity index (χ0n) is 22.9. The van der Waals surface area contributed by atoms with E-state index in [4.69, 9.17) is 9.47 Å². The predicted molar refractivity (Wildman–Crippen MR) is 150 cm³/mol. The third kappa shape index (κ3) is 9.74. The van der Waals surface area contributed by atoms with Gasteiger partial charge in [-0.3, -0.25) is 25.0 Å². The van der Waals surface area contributed by atoms with Gasteiger partial charge in [-0.15, -0.1) is 0 Å². The number of amides is 2. The number of hydrogen-bond donors (Lipinski definition) is 1. The lowest BCUT2D eigenvalue weighted by molar-refractivity contribution is -0.385. The summed E-state index contributed by atoms with van der Waals surface area (Å²) in [4.78, 5) is 59.3. The van der Waals surface area contributed by atoms with Gasteiger partial charge in [-0.25, -0.2) is 9.59 Å². The van der Waals surface area contributed by atoms with Crippen LogP contribution in [0.1, 0.15) is 44.7 Å². The number of non-ortho nitro benzene ring substituents is 2. The maximum Gasteiger partial charge on any atom is 0.410 e. The molecule has 41 heavy (non-hydrogen) atoms. The Kier molecular flexibility index (Phi) is 10.6. The number of carbonyl (C=O) groups is 3. The molecule has 0 aromatic heterocycles. The SMILES string of the molecule is CC(=O)S[C@H]1C[C@@H](CC(C)(C)CNC(=O)OCc2ccc([N+](=O)[O-])cc2)N(C(=O)OCc2ccc([N+](=O)[O-])cc2)C1. The molecule has 1 aliphatic rings. The standard InChI is InChI=1S/C27H32N4O9S/c1-18(32)41-24-12-23(29(14-24)26(34)40-16-20-6-10-22(11-7-20)31(37)38)13-27(2,3)17-28-25(33)39-15-19-4-8-21(9-5-19)30(35)36/h4-11,23-24H,12-17H2,1-3H3,(H,28,33)/t23-,24-/m0/s1. The fraction of sp³-hybridized carbons (Fsp3) is 0.444. The van der Waals surface area contributed by atoms with Crippen molar-refractivity contribution >= 4 is 40.4 Å². The van der Waals surface area contributed by atoms with E-state index in [1.165, 1.54) is 67.2 Å². The molecule has 2 aromatic rings. The number of carbonyl (C=O) groups excluding carboxylic acids is 3. The summed E-state index contributed by atoms with van der Waals surface area (Å²) in [6.45, 7) is 5.82. The third-order valence-corrected chi connectivity index (χ3v) is 7.48. The van der Waals surface area contributed by atoms with Crippen LogP contribution in [0, 0.1) is 25.6 Å². The minimum absolute atomic E-state index is 0.0495. The van der Waals surface area contributed by atoms with Gasteiger partial charge >= 0.3 is 12.2 Å². The van der Waals surface area contributed by atoms with Crippen LogP contribution in [0.4, 0.5) is 21.0 Å². The number of thioether (sulfide) groups is 1. The highest BCUT2D eigenvalue weighted by Crippen LogP contribution is 2.35.